The van der Waals surface area contributed by atoms with E-state index in [2.05, 4.69) is 264 Å². The van der Waals surface area contributed by atoms with Gasteiger partial charge >= 0.3 is 0 Å². The Kier molecular flexibility index (Phi) is 9.20. The van der Waals surface area contributed by atoms with Gasteiger partial charge in [0.15, 0.2) is 0 Å². The summed E-state index contributed by atoms with van der Waals surface area (Å²) < 4.78 is 2.37. The van der Waals surface area contributed by atoms with Gasteiger partial charge in [-0.25, -0.2) is 0 Å². The molecule has 0 bridgehead atoms. The third-order valence-corrected chi connectivity index (χ3v) is 12.7. The monoisotopic (exact) mass is 814 g/mol. The minimum atomic E-state index is 1.08. The van der Waals surface area contributed by atoms with Crippen molar-refractivity contribution in [2.75, 3.05) is 4.90 Å². The molecule has 64 heavy (non-hydrogen) atoms. The Balaban J connectivity index is 1.05. The maximum atomic E-state index is 2.42. The Morgan fingerprint density at radius 3 is 1.41 bits per heavy atom. The number of benzene rings is 11. The fourth-order valence-corrected chi connectivity index (χ4v) is 9.84. The van der Waals surface area contributed by atoms with Crippen molar-refractivity contribution in [1.82, 2.24) is 4.57 Å². The highest BCUT2D eigenvalue weighted by Crippen LogP contribution is 2.47. The van der Waals surface area contributed by atoms with E-state index in [9.17, 15) is 0 Å². The second kappa shape index (κ2) is 15.8. The van der Waals surface area contributed by atoms with E-state index in [4.69, 9.17) is 0 Å². The lowest BCUT2D eigenvalue weighted by Gasteiger charge is -2.27. The highest BCUT2D eigenvalue weighted by atomic mass is 15.1. The summed E-state index contributed by atoms with van der Waals surface area (Å²) >= 11 is 0. The molecule has 2 nitrogen and oxygen atoms in total. The fourth-order valence-electron chi connectivity index (χ4n) is 9.84. The zero-order chi connectivity index (χ0) is 42.4. The van der Waals surface area contributed by atoms with Crippen LogP contribution in [0.4, 0.5) is 17.1 Å². The van der Waals surface area contributed by atoms with Gasteiger partial charge in [0.05, 0.1) is 11.0 Å². The molecule has 0 aliphatic carbocycles. The van der Waals surface area contributed by atoms with E-state index < -0.39 is 0 Å². The van der Waals surface area contributed by atoms with Crippen LogP contribution in [0, 0.1) is 0 Å². The normalized spacial score (nSPS) is 11.4. The zero-order valence-corrected chi connectivity index (χ0v) is 35.1. The third-order valence-electron chi connectivity index (χ3n) is 12.7. The minimum Gasteiger partial charge on any atom is -0.310 e. The Morgan fingerprint density at radius 2 is 0.703 bits per heavy atom. The Morgan fingerprint density at radius 1 is 0.234 bits per heavy atom. The maximum absolute atomic E-state index is 2.42. The molecule has 12 aromatic rings. The number of anilines is 3. The molecule has 0 radical (unpaired) electrons. The molecule has 300 valence electrons. The fraction of sp³-hybridized carbons (Fsp3) is 0. The van der Waals surface area contributed by atoms with Crippen LogP contribution in [-0.2, 0) is 0 Å². The van der Waals surface area contributed by atoms with Crippen molar-refractivity contribution >= 4 is 60.4 Å². The van der Waals surface area contributed by atoms with Gasteiger partial charge in [-0.3, -0.25) is 0 Å². The van der Waals surface area contributed by atoms with E-state index in [1.165, 1.54) is 87.9 Å². The summed E-state index contributed by atoms with van der Waals surface area (Å²) in [5, 5.41) is 7.43. The van der Waals surface area contributed by atoms with Crippen LogP contribution in [0.2, 0.25) is 0 Å². The molecule has 0 saturated carbocycles. The molecule has 0 unspecified atom stereocenters. The molecule has 0 aliphatic rings. The lowest BCUT2D eigenvalue weighted by Crippen LogP contribution is -2.10. The standard InChI is InChI=1S/C62H42N2/c1-5-18-43(19-6-1)47-24-17-27-51(40-47)63(50-35-32-44(33-36-50)48-34-39-60-57(41-48)55-29-15-16-31-59(55)64(60)49-25-11-4-12-26-49)52-37-38-54-53-28-13-14-30-56(53)61(45-20-7-2-8-21-45)62(58(54)42-52)46-22-9-3-10-23-46/h1-42H. The van der Waals surface area contributed by atoms with Gasteiger partial charge in [-0.15, -0.1) is 0 Å². The van der Waals surface area contributed by atoms with Gasteiger partial charge in [0, 0.05) is 33.5 Å². The first-order valence-corrected chi connectivity index (χ1v) is 22.0. The van der Waals surface area contributed by atoms with Crippen molar-refractivity contribution in [2.24, 2.45) is 0 Å². The molecule has 2 heteroatoms. The molecule has 0 aliphatic heterocycles. The summed E-state index contributed by atoms with van der Waals surface area (Å²) in [6.45, 7) is 0. The summed E-state index contributed by atoms with van der Waals surface area (Å²) in [4.78, 5) is 2.42. The highest BCUT2D eigenvalue weighted by Gasteiger charge is 2.21. The maximum Gasteiger partial charge on any atom is 0.0541 e. The number of hydrogen-bond acceptors (Lipinski definition) is 1. The van der Waals surface area contributed by atoms with Crippen LogP contribution in [0.1, 0.15) is 0 Å². The number of nitrogens with zero attached hydrogens (tertiary/aromatic N) is 2. The Labute approximate surface area is 373 Å². The molecule has 0 saturated heterocycles. The van der Waals surface area contributed by atoms with Gasteiger partial charge in [0.1, 0.15) is 0 Å². The average molecular weight is 815 g/mol. The lowest BCUT2D eigenvalue weighted by molar-refractivity contribution is 1.18. The zero-order valence-electron chi connectivity index (χ0n) is 35.1. The number of rotatable bonds is 8. The van der Waals surface area contributed by atoms with Crippen molar-refractivity contribution in [2.45, 2.75) is 0 Å². The summed E-state index contributed by atoms with van der Waals surface area (Å²) in [5.41, 5.74) is 16.4. The van der Waals surface area contributed by atoms with Crippen LogP contribution in [0.15, 0.2) is 255 Å². The van der Waals surface area contributed by atoms with Gasteiger partial charge in [0.2, 0.25) is 0 Å². The molecule has 0 amide bonds. The number of fused-ring (bicyclic) bond motifs is 6. The van der Waals surface area contributed by atoms with Gasteiger partial charge in [-0.2, -0.15) is 0 Å². The van der Waals surface area contributed by atoms with Crippen molar-refractivity contribution < 1.29 is 0 Å². The van der Waals surface area contributed by atoms with E-state index in [0.29, 0.717) is 0 Å². The number of hydrogen-bond donors (Lipinski definition) is 0. The first-order valence-electron chi connectivity index (χ1n) is 22.0. The summed E-state index contributed by atoms with van der Waals surface area (Å²) in [6.07, 6.45) is 0. The predicted octanol–water partition coefficient (Wildman–Crippen LogP) is 17.2. The van der Waals surface area contributed by atoms with E-state index in [1.807, 2.05) is 0 Å². The molecule has 12 rings (SSSR count). The predicted molar refractivity (Wildman–Crippen MR) is 272 cm³/mol. The van der Waals surface area contributed by atoms with Crippen LogP contribution >= 0.6 is 0 Å². The number of para-hydroxylation sites is 2. The van der Waals surface area contributed by atoms with Crippen molar-refractivity contribution in [1.29, 1.82) is 0 Å². The van der Waals surface area contributed by atoms with E-state index >= 15 is 0 Å². The van der Waals surface area contributed by atoms with Gasteiger partial charge < -0.3 is 9.47 Å². The topological polar surface area (TPSA) is 8.17 Å². The van der Waals surface area contributed by atoms with Crippen LogP contribution in [-0.4, -0.2) is 4.57 Å². The van der Waals surface area contributed by atoms with Crippen molar-refractivity contribution in [3.63, 3.8) is 0 Å². The first-order chi connectivity index (χ1) is 31.8. The SMILES string of the molecule is c1ccc(-c2cccc(N(c3ccc(-c4ccc5c(c4)c4ccccc4n5-c4ccccc4)cc3)c3ccc4c(c3)c(-c3ccccc3)c(-c3ccccc3)c3ccccc34)c2)cc1. The summed E-state index contributed by atoms with van der Waals surface area (Å²) in [6, 6.07) is 92.7. The van der Waals surface area contributed by atoms with Crippen molar-refractivity contribution in [3.8, 4) is 50.2 Å². The quantitative estimate of drug-likeness (QED) is 0.139. The Hall–Kier alpha value is -8.46. The average Bonchev–Trinajstić information content (AvgIpc) is 3.71. The Bertz CT molecular complexity index is 3630. The highest BCUT2D eigenvalue weighted by molar-refractivity contribution is 6.22. The van der Waals surface area contributed by atoms with Crippen LogP contribution in [0.5, 0.6) is 0 Å². The molecule has 0 atom stereocenters. The van der Waals surface area contributed by atoms with Crippen LogP contribution < -0.4 is 4.90 Å². The smallest absolute Gasteiger partial charge is 0.0541 e. The molecule has 1 heterocycles. The summed E-state index contributed by atoms with van der Waals surface area (Å²) in [7, 11) is 0. The lowest BCUT2D eigenvalue weighted by atomic mass is 9.85. The third kappa shape index (κ3) is 6.44. The minimum absolute atomic E-state index is 1.08. The molecular weight excluding hydrogens is 773 g/mol. The number of aromatic nitrogens is 1. The molecule has 0 fully saturated rings. The van der Waals surface area contributed by atoms with Crippen LogP contribution in [0.25, 0.3) is 93.5 Å². The van der Waals surface area contributed by atoms with E-state index in [-0.39, 0.29) is 0 Å². The van der Waals surface area contributed by atoms with Crippen molar-refractivity contribution in [3.05, 3.63) is 255 Å². The molecule has 11 aromatic carbocycles. The first kappa shape index (κ1) is 37.3. The molecular formula is C62H42N2. The second-order valence-electron chi connectivity index (χ2n) is 16.5. The molecule has 0 spiro atoms. The van der Waals surface area contributed by atoms with Gasteiger partial charge in [0.25, 0.3) is 0 Å². The second-order valence-corrected chi connectivity index (χ2v) is 16.5. The molecule has 0 N–H and O–H groups in total. The van der Waals surface area contributed by atoms with E-state index in [1.54, 1.807) is 0 Å². The van der Waals surface area contributed by atoms with Gasteiger partial charge in [-0.1, -0.05) is 188 Å². The molecule has 1 aromatic heterocycles. The van der Waals surface area contributed by atoms with Gasteiger partial charge in [-0.05, 0) is 133 Å². The largest absolute Gasteiger partial charge is 0.310 e. The van der Waals surface area contributed by atoms with E-state index in [0.717, 1.165) is 22.7 Å². The van der Waals surface area contributed by atoms with Crippen LogP contribution in [0.3, 0.4) is 0 Å². The summed E-state index contributed by atoms with van der Waals surface area (Å²) in [5.74, 6) is 0.